The van der Waals surface area contributed by atoms with E-state index in [0.29, 0.717) is 0 Å². The van der Waals surface area contributed by atoms with Crippen LogP contribution in [0.2, 0.25) is 0 Å². The van der Waals surface area contributed by atoms with E-state index in [9.17, 15) is 19.8 Å². The maximum atomic E-state index is 10.2. The number of aromatic carboxylic acids is 2. The molecule has 0 N–H and O–H groups in total. The van der Waals surface area contributed by atoms with Crippen molar-refractivity contribution in [2.24, 2.45) is 0 Å². The molecule has 4 nitrogen and oxygen atoms in total. The zero-order valence-corrected chi connectivity index (χ0v) is 9.62. The largest absolute Gasteiger partial charge is 0.545 e. The quantitative estimate of drug-likeness (QED) is 0.573. The van der Waals surface area contributed by atoms with Crippen molar-refractivity contribution in [3.05, 3.63) is 35.4 Å². The van der Waals surface area contributed by atoms with Crippen molar-refractivity contribution in [3.8, 4) is 0 Å². The summed E-state index contributed by atoms with van der Waals surface area (Å²) in [5, 5.41) is 20.4. The molecular formula is C8H4O4Zn-2. The Bertz CT molecular complexity index is 284. The van der Waals surface area contributed by atoms with Crippen molar-refractivity contribution >= 4 is 11.9 Å². The molecule has 0 aliphatic rings. The summed E-state index contributed by atoms with van der Waals surface area (Å²) in [7, 11) is 0. The molecule has 13 heavy (non-hydrogen) atoms. The van der Waals surface area contributed by atoms with Crippen molar-refractivity contribution < 1.29 is 39.3 Å². The number of carbonyl (C=O) groups is 2. The molecular weight excluding hydrogens is 225 g/mol. The number of rotatable bonds is 2. The summed E-state index contributed by atoms with van der Waals surface area (Å²) in [4.78, 5) is 20.4. The Morgan fingerprint density at radius 3 is 1.23 bits per heavy atom. The predicted molar refractivity (Wildman–Crippen MR) is 35.1 cm³/mol. The summed E-state index contributed by atoms with van der Waals surface area (Å²) in [6.07, 6.45) is 0. The van der Waals surface area contributed by atoms with Crippen LogP contribution in [0.25, 0.3) is 0 Å². The number of benzene rings is 1. The van der Waals surface area contributed by atoms with Gasteiger partial charge in [-0.15, -0.1) is 0 Å². The fraction of sp³-hybridized carbons (Fsp3) is 0. The molecule has 5 heteroatoms. The molecule has 0 radical (unpaired) electrons. The number of hydrogen-bond acceptors (Lipinski definition) is 4. The van der Waals surface area contributed by atoms with Gasteiger partial charge in [-0.3, -0.25) is 0 Å². The molecule has 0 saturated heterocycles. The van der Waals surface area contributed by atoms with Crippen LogP contribution in [0.1, 0.15) is 20.7 Å². The van der Waals surface area contributed by atoms with Gasteiger partial charge in [-0.1, -0.05) is 24.3 Å². The van der Waals surface area contributed by atoms with Crippen LogP contribution in [-0.4, -0.2) is 11.9 Å². The van der Waals surface area contributed by atoms with E-state index in [0.717, 1.165) is 24.3 Å². The van der Waals surface area contributed by atoms with Gasteiger partial charge in [-0.25, -0.2) is 0 Å². The van der Waals surface area contributed by atoms with Gasteiger partial charge in [0.15, 0.2) is 0 Å². The first-order chi connectivity index (χ1) is 5.61. The Labute approximate surface area is 87.0 Å². The van der Waals surface area contributed by atoms with Crippen LogP contribution in [0.4, 0.5) is 0 Å². The summed E-state index contributed by atoms with van der Waals surface area (Å²) < 4.78 is 0. The second kappa shape index (κ2) is 4.72. The molecule has 0 amide bonds. The molecule has 0 aromatic heterocycles. The molecule has 0 spiro atoms. The van der Waals surface area contributed by atoms with Gasteiger partial charge in [-0.05, 0) is 11.1 Å². The molecule has 0 aliphatic heterocycles. The van der Waals surface area contributed by atoms with Crippen LogP contribution in [0, 0.1) is 0 Å². The molecule has 0 aliphatic carbocycles. The van der Waals surface area contributed by atoms with Crippen LogP contribution >= 0.6 is 0 Å². The molecule has 1 rings (SSSR count). The third-order valence-electron chi connectivity index (χ3n) is 1.36. The molecule has 0 atom stereocenters. The van der Waals surface area contributed by atoms with Gasteiger partial charge in [0.1, 0.15) is 0 Å². The minimum absolute atomic E-state index is 0. The van der Waals surface area contributed by atoms with Gasteiger partial charge in [0.2, 0.25) is 0 Å². The molecule has 0 bridgehead atoms. The van der Waals surface area contributed by atoms with Gasteiger partial charge in [0, 0.05) is 19.5 Å². The van der Waals surface area contributed by atoms with Crippen LogP contribution in [0.15, 0.2) is 24.3 Å². The fourth-order valence-electron chi connectivity index (χ4n) is 0.742. The fourth-order valence-corrected chi connectivity index (χ4v) is 0.742. The van der Waals surface area contributed by atoms with Crippen LogP contribution in [0.3, 0.4) is 0 Å². The molecule has 0 fully saturated rings. The molecule has 1 aromatic carbocycles. The normalized spacial score (nSPS) is 8.62. The monoisotopic (exact) mass is 228 g/mol. The summed E-state index contributed by atoms with van der Waals surface area (Å²) in [5.41, 5.74) is -0.111. The number of carboxylic acid groups (broad SMARTS) is 2. The topological polar surface area (TPSA) is 80.3 Å². The smallest absolute Gasteiger partial charge is 0.0715 e. The van der Waals surface area contributed by atoms with Crippen LogP contribution in [0.5, 0.6) is 0 Å². The number of carboxylic acids is 2. The van der Waals surface area contributed by atoms with E-state index >= 15 is 0 Å². The van der Waals surface area contributed by atoms with E-state index in [4.69, 9.17) is 0 Å². The average Bonchev–Trinajstić information content (AvgIpc) is 2.04. The van der Waals surface area contributed by atoms with Gasteiger partial charge in [0.25, 0.3) is 0 Å². The number of carbonyl (C=O) groups excluding carboxylic acids is 2. The molecule has 0 heterocycles. The Morgan fingerprint density at radius 1 is 0.846 bits per heavy atom. The van der Waals surface area contributed by atoms with Crippen molar-refractivity contribution in [1.29, 1.82) is 0 Å². The Kier molecular flexibility index (Phi) is 4.28. The first-order valence-electron chi connectivity index (χ1n) is 3.14. The van der Waals surface area contributed by atoms with Gasteiger partial charge in [-0.2, -0.15) is 0 Å². The first kappa shape index (κ1) is 11.8. The zero-order chi connectivity index (χ0) is 9.14. The van der Waals surface area contributed by atoms with Gasteiger partial charge < -0.3 is 19.8 Å². The molecule has 0 saturated carbocycles. The summed E-state index contributed by atoms with van der Waals surface area (Å²) >= 11 is 0. The third-order valence-corrected chi connectivity index (χ3v) is 1.36. The second-order valence-corrected chi connectivity index (χ2v) is 2.15. The third kappa shape index (κ3) is 2.95. The van der Waals surface area contributed by atoms with E-state index in [1.807, 2.05) is 0 Å². The van der Waals surface area contributed by atoms with E-state index in [-0.39, 0.29) is 30.6 Å². The predicted octanol–water partition coefficient (Wildman–Crippen LogP) is -1.59. The summed E-state index contributed by atoms with van der Waals surface area (Å²) in [6.45, 7) is 0. The summed E-state index contributed by atoms with van der Waals surface area (Å²) in [6, 6.07) is 4.61. The minimum atomic E-state index is -1.33. The molecule has 64 valence electrons. The van der Waals surface area contributed by atoms with Crippen LogP contribution < -0.4 is 10.2 Å². The van der Waals surface area contributed by atoms with Crippen molar-refractivity contribution in [1.82, 2.24) is 0 Å². The Hall–Kier alpha value is -1.22. The van der Waals surface area contributed by atoms with Gasteiger partial charge in [0.05, 0.1) is 11.9 Å². The second-order valence-electron chi connectivity index (χ2n) is 2.15. The van der Waals surface area contributed by atoms with E-state index < -0.39 is 11.9 Å². The van der Waals surface area contributed by atoms with E-state index in [2.05, 4.69) is 0 Å². The molecule has 1 aromatic rings. The van der Waals surface area contributed by atoms with Crippen LogP contribution in [-0.2, 0) is 19.5 Å². The van der Waals surface area contributed by atoms with Crippen molar-refractivity contribution in [3.63, 3.8) is 0 Å². The van der Waals surface area contributed by atoms with Crippen molar-refractivity contribution in [2.45, 2.75) is 0 Å². The summed E-state index contributed by atoms with van der Waals surface area (Å²) in [5.74, 6) is -2.67. The van der Waals surface area contributed by atoms with Gasteiger partial charge >= 0.3 is 0 Å². The SMILES string of the molecule is O=C([O-])c1ccc(C(=O)[O-])cc1.[Zn]. The Balaban J connectivity index is 0.00000144. The minimum Gasteiger partial charge on any atom is -0.545 e. The maximum Gasteiger partial charge on any atom is 0.0715 e. The van der Waals surface area contributed by atoms with Crippen molar-refractivity contribution in [2.75, 3.05) is 0 Å². The Morgan fingerprint density at radius 2 is 1.08 bits per heavy atom. The maximum absolute atomic E-state index is 10.2. The van der Waals surface area contributed by atoms with E-state index in [1.165, 1.54) is 0 Å². The average molecular weight is 230 g/mol. The van der Waals surface area contributed by atoms with E-state index in [1.54, 1.807) is 0 Å². The molecule has 0 unspecified atom stereocenters. The first-order valence-corrected chi connectivity index (χ1v) is 3.14. The zero-order valence-electron chi connectivity index (χ0n) is 6.65. The standard InChI is InChI=1S/C8H6O4.Zn/c9-7(10)5-1-2-6(4-3-5)8(11)12;/h1-4H,(H,9,10)(H,11,12);/p-2. The number of hydrogen-bond donors (Lipinski definition) is 0.